The van der Waals surface area contributed by atoms with Crippen LogP contribution in [0.4, 0.5) is 5.69 Å². The summed E-state index contributed by atoms with van der Waals surface area (Å²) in [7, 11) is 6.02. The molecule has 8 nitrogen and oxygen atoms in total. The smallest absolute Gasteiger partial charge is 0.258 e. The van der Waals surface area contributed by atoms with E-state index in [0.717, 1.165) is 10.9 Å². The molecule has 4 rings (SSSR count). The number of fused-ring (bicyclic) bond motifs is 1. The lowest BCUT2D eigenvalue weighted by Crippen LogP contribution is -2.33. The first-order valence-corrected chi connectivity index (χ1v) is 10.9. The van der Waals surface area contributed by atoms with E-state index >= 15 is 0 Å². The lowest BCUT2D eigenvalue weighted by Gasteiger charge is -2.24. The fourth-order valence-corrected chi connectivity index (χ4v) is 3.90. The number of hydrogen-bond donors (Lipinski definition) is 1. The fraction of sp³-hybridized carbons (Fsp3) is 0.185. The number of H-pyrrole nitrogens is 1. The average molecular weight is 475 g/mol. The fourth-order valence-electron chi connectivity index (χ4n) is 3.90. The summed E-state index contributed by atoms with van der Waals surface area (Å²) in [5.41, 5.74) is 1.77. The topological polar surface area (TPSA) is 90.1 Å². The highest BCUT2D eigenvalue weighted by atomic mass is 16.5. The average Bonchev–Trinajstić information content (AvgIpc) is 2.90. The third-order valence-corrected chi connectivity index (χ3v) is 5.68. The SMILES string of the molecule is COc1cccc(N(Cc2cc3ccccc3[nH]c2=O)C(=O)c2cc(OC)c(OC)c(OC)c2)c1. The number of carbonyl (C=O) groups excluding carboxylic acids is 1. The van der Waals surface area contributed by atoms with E-state index in [1.807, 2.05) is 24.3 Å². The Kier molecular flexibility index (Phi) is 6.91. The number of rotatable bonds is 8. The minimum atomic E-state index is -0.356. The molecular weight excluding hydrogens is 448 g/mol. The number of benzene rings is 3. The van der Waals surface area contributed by atoms with Crippen LogP contribution < -0.4 is 29.4 Å². The Morgan fingerprint density at radius 3 is 2.20 bits per heavy atom. The molecule has 1 amide bonds. The van der Waals surface area contributed by atoms with Gasteiger partial charge >= 0.3 is 0 Å². The number of pyridine rings is 1. The number of amides is 1. The zero-order valence-corrected chi connectivity index (χ0v) is 20.0. The van der Waals surface area contributed by atoms with E-state index < -0.39 is 0 Å². The Morgan fingerprint density at radius 1 is 0.829 bits per heavy atom. The Balaban J connectivity index is 1.83. The molecule has 1 aromatic heterocycles. The van der Waals surface area contributed by atoms with Gasteiger partial charge in [0.05, 0.1) is 35.0 Å². The molecule has 0 saturated carbocycles. The van der Waals surface area contributed by atoms with Gasteiger partial charge < -0.3 is 28.8 Å². The Bertz CT molecular complexity index is 1400. The minimum Gasteiger partial charge on any atom is -0.497 e. The van der Waals surface area contributed by atoms with Crippen molar-refractivity contribution in [1.29, 1.82) is 0 Å². The van der Waals surface area contributed by atoms with Crippen molar-refractivity contribution in [3.63, 3.8) is 0 Å². The molecule has 0 bridgehead atoms. The highest BCUT2D eigenvalue weighted by Crippen LogP contribution is 2.39. The Hall–Kier alpha value is -4.46. The number of nitrogens with one attached hydrogen (secondary N) is 1. The van der Waals surface area contributed by atoms with E-state index in [2.05, 4.69) is 4.98 Å². The third-order valence-electron chi connectivity index (χ3n) is 5.68. The van der Waals surface area contributed by atoms with Crippen molar-refractivity contribution in [2.24, 2.45) is 0 Å². The molecule has 0 aliphatic heterocycles. The van der Waals surface area contributed by atoms with Gasteiger partial charge in [-0.1, -0.05) is 24.3 Å². The highest BCUT2D eigenvalue weighted by molar-refractivity contribution is 6.07. The van der Waals surface area contributed by atoms with E-state index in [9.17, 15) is 9.59 Å². The molecule has 3 aromatic carbocycles. The zero-order chi connectivity index (χ0) is 24.9. The standard InChI is InChI=1S/C27H26N2O6/c1-32-21-10-7-9-20(15-21)29(16-19-12-17-8-5-6-11-22(17)28-26(19)30)27(31)18-13-23(33-2)25(35-4)24(14-18)34-3/h5-15H,16H2,1-4H3,(H,28,30). The molecule has 8 heteroatoms. The van der Waals surface area contributed by atoms with Gasteiger partial charge in [0.2, 0.25) is 5.75 Å². The maximum Gasteiger partial charge on any atom is 0.258 e. The maximum atomic E-state index is 13.9. The Morgan fingerprint density at radius 2 is 1.54 bits per heavy atom. The van der Waals surface area contributed by atoms with Crippen LogP contribution in [0.25, 0.3) is 10.9 Å². The summed E-state index contributed by atoms with van der Waals surface area (Å²) in [5, 5.41) is 0.868. The molecular formula is C27H26N2O6. The van der Waals surface area contributed by atoms with Crippen LogP contribution in [0.5, 0.6) is 23.0 Å². The summed E-state index contributed by atoms with van der Waals surface area (Å²) in [6, 6.07) is 19.6. The molecule has 180 valence electrons. The largest absolute Gasteiger partial charge is 0.497 e. The normalized spacial score (nSPS) is 10.6. The molecule has 0 aliphatic carbocycles. The number of ether oxygens (including phenoxy) is 4. The van der Waals surface area contributed by atoms with Gasteiger partial charge in [0.15, 0.2) is 11.5 Å². The van der Waals surface area contributed by atoms with Crippen LogP contribution in [0.2, 0.25) is 0 Å². The number of para-hydroxylation sites is 1. The van der Waals surface area contributed by atoms with Gasteiger partial charge in [-0.2, -0.15) is 0 Å². The summed E-state index contributed by atoms with van der Waals surface area (Å²) in [6.45, 7) is 0.0306. The van der Waals surface area contributed by atoms with Crippen molar-refractivity contribution >= 4 is 22.5 Å². The molecule has 0 spiro atoms. The van der Waals surface area contributed by atoms with Crippen molar-refractivity contribution in [1.82, 2.24) is 4.98 Å². The van der Waals surface area contributed by atoms with E-state index in [0.29, 0.717) is 39.8 Å². The lowest BCUT2D eigenvalue weighted by atomic mass is 10.1. The first-order chi connectivity index (χ1) is 17.0. The molecule has 1 N–H and O–H groups in total. The summed E-state index contributed by atoms with van der Waals surface area (Å²) in [6.07, 6.45) is 0. The van der Waals surface area contributed by atoms with Gasteiger partial charge in [-0.25, -0.2) is 0 Å². The van der Waals surface area contributed by atoms with Crippen molar-refractivity contribution < 1.29 is 23.7 Å². The molecule has 4 aromatic rings. The highest BCUT2D eigenvalue weighted by Gasteiger charge is 2.24. The molecule has 0 radical (unpaired) electrons. The second-order valence-corrected chi connectivity index (χ2v) is 7.72. The molecule has 1 heterocycles. The Labute approximate surface area is 202 Å². The summed E-state index contributed by atoms with van der Waals surface area (Å²) in [4.78, 5) is 31.2. The second kappa shape index (κ2) is 10.2. The summed E-state index contributed by atoms with van der Waals surface area (Å²) >= 11 is 0. The maximum absolute atomic E-state index is 13.9. The predicted molar refractivity (Wildman–Crippen MR) is 134 cm³/mol. The van der Waals surface area contributed by atoms with E-state index in [4.69, 9.17) is 18.9 Å². The molecule has 0 aliphatic rings. The zero-order valence-electron chi connectivity index (χ0n) is 20.0. The van der Waals surface area contributed by atoms with E-state index in [1.54, 1.807) is 49.6 Å². The minimum absolute atomic E-state index is 0.0306. The van der Waals surface area contributed by atoms with Crippen LogP contribution in [-0.4, -0.2) is 39.3 Å². The van der Waals surface area contributed by atoms with Gasteiger partial charge in [0.1, 0.15) is 5.75 Å². The third kappa shape index (κ3) is 4.77. The van der Waals surface area contributed by atoms with Crippen LogP contribution in [-0.2, 0) is 6.54 Å². The van der Waals surface area contributed by atoms with Crippen LogP contribution in [0, 0.1) is 0 Å². The molecule has 0 fully saturated rings. The van der Waals surface area contributed by atoms with Crippen LogP contribution >= 0.6 is 0 Å². The second-order valence-electron chi connectivity index (χ2n) is 7.72. The number of aromatic nitrogens is 1. The number of anilines is 1. The first kappa shape index (κ1) is 23.7. The number of methoxy groups -OCH3 is 4. The van der Waals surface area contributed by atoms with Crippen molar-refractivity contribution in [2.75, 3.05) is 33.3 Å². The monoisotopic (exact) mass is 474 g/mol. The van der Waals surface area contributed by atoms with Gasteiger partial charge in [-0.3, -0.25) is 9.59 Å². The number of nitrogens with zero attached hydrogens (tertiary/aromatic N) is 1. The molecule has 0 saturated heterocycles. The van der Waals surface area contributed by atoms with Crippen LogP contribution in [0.3, 0.4) is 0 Å². The van der Waals surface area contributed by atoms with Gasteiger partial charge in [0, 0.05) is 28.4 Å². The quantitative estimate of drug-likeness (QED) is 0.407. The van der Waals surface area contributed by atoms with Gasteiger partial charge in [0.25, 0.3) is 11.5 Å². The van der Waals surface area contributed by atoms with E-state index in [-0.39, 0.29) is 18.0 Å². The summed E-state index contributed by atoms with van der Waals surface area (Å²) in [5.74, 6) is 1.31. The van der Waals surface area contributed by atoms with Crippen molar-refractivity contribution in [2.45, 2.75) is 6.54 Å². The van der Waals surface area contributed by atoms with Gasteiger partial charge in [-0.15, -0.1) is 0 Å². The van der Waals surface area contributed by atoms with Crippen molar-refractivity contribution in [3.8, 4) is 23.0 Å². The van der Waals surface area contributed by atoms with Crippen molar-refractivity contribution in [3.05, 3.63) is 88.2 Å². The van der Waals surface area contributed by atoms with E-state index in [1.165, 1.54) is 26.2 Å². The van der Waals surface area contributed by atoms with Crippen LogP contribution in [0.15, 0.2) is 71.5 Å². The lowest BCUT2D eigenvalue weighted by molar-refractivity contribution is 0.0984. The number of hydrogen-bond acceptors (Lipinski definition) is 6. The first-order valence-electron chi connectivity index (χ1n) is 10.9. The van der Waals surface area contributed by atoms with Gasteiger partial charge in [-0.05, 0) is 41.8 Å². The molecule has 35 heavy (non-hydrogen) atoms. The number of carbonyl (C=O) groups is 1. The molecule has 0 unspecified atom stereocenters. The number of aromatic amines is 1. The molecule has 0 atom stereocenters. The predicted octanol–water partition coefficient (Wildman–Crippen LogP) is 4.41. The summed E-state index contributed by atoms with van der Waals surface area (Å²) < 4.78 is 21.6. The van der Waals surface area contributed by atoms with Crippen LogP contribution in [0.1, 0.15) is 15.9 Å².